The zero-order valence-corrected chi connectivity index (χ0v) is 12.8. The van der Waals surface area contributed by atoms with Gasteiger partial charge in [0.05, 0.1) is 6.54 Å². The number of hydrogen-bond acceptors (Lipinski definition) is 6. The lowest BCUT2D eigenvalue weighted by molar-refractivity contribution is 0.0958. The van der Waals surface area contributed by atoms with Crippen molar-refractivity contribution in [3.05, 3.63) is 34.1 Å². The van der Waals surface area contributed by atoms with Gasteiger partial charge in [0.1, 0.15) is 0 Å². The van der Waals surface area contributed by atoms with Gasteiger partial charge in [-0.05, 0) is 29.3 Å². The molecule has 0 amide bonds. The van der Waals surface area contributed by atoms with E-state index in [0.29, 0.717) is 11.9 Å². The van der Waals surface area contributed by atoms with Gasteiger partial charge < -0.3 is 4.52 Å². The highest BCUT2D eigenvalue weighted by atomic mass is 32.1. The average Bonchev–Trinajstić information content (AvgIpc) is 3.11. The van der Waals surface area contributed by atoms with E-state index in [4.69, 9.17) is 4.52 Å². The van der Waals surface area contributed by atoms with Crippen molar-refractivity contribution in [1.82, 2.24) is 19.9 Å². The minimum atomic E-state index is 0.510. The van der Waals surface area contributed by atoms with Crippen LogP contribution >= 0.6 is 11.3 Å². The summed E-state index contributed by atoms with van der Waals surface area (Å²) in [6.45, 7) is 9.21. The van der Waals surface area contributed by atoms with Crippen LogP contribution in [-0.2, 0) is 6.54 Å². The zero-order valence-electron chi connectivity index (χ0n) is 12.0. The van der Waals surface area contributed by atoms with Gasteiger partial charge in [-0.15, -0.1) is 0 Å². The van der Waals surface area contributed by atoms with Crippen LogP contribution in [0.3, 0.4) is 0 Å². The molecule has 1 fully saturated rings. The average molecular weight is 292 g/mol. The number of thiophene rings is 1. The first-order valence-electron chi connectivity index (χ1n) is 7.00. The van der Waals surface area contributed by atoms with Gasteiger partial charge in [-0.3, -0.25) is 9.80 Å². The maximum absolute atomic E-state index is 5.02. The Labute approximate surface area is 123 Å². The molecule has 0 radical (unpaired) electrons. The number of aromatic nitrogens is 2. The zero-order chi connectivity index (χ0) is 13.9. The maximum atomic E-state index is 5.02. The summed E-state index contributed by atoms with van der Waals surface area (Å²) in [6.07, 6.45) is 0. The van der Waals surface area contributed by atoms with Gasteiger partial charge in [0.15, 0.2) is 5.82 Å². The van der Waals surface area contributed by atoms with E-state index < -0.39 is 0 Å². The molecular formula is C14H20N4OS. The first-order valence-corrected chi connectivity index (χ1v) is 7.94. The number of hydrogen-bond donors (Lipinski definition) is 0. The second-order valence-corrected chi connectivity index (χ2v) is 6.05. The van der Waals surface area contributed by atoms with E-state index in [1.165, 1.54) is 5.56 Å². The largest absolute Gasteiger partial charge is 0.340 e. The van der Waals surface area contributed by atoms with Crippen molar-refractivity contribution < 1.29 is 4.52 Å². The third-order valence-corrected chi connectivity index (χ3v) is 4.62. The summed E-state index contributed by atoms with van der Waals surface area (Å²) in [6, 6.07) is 2.74. The summed E-state index contributed by atoms with van der Waals surface area (Å²) in [4.78, 5) is 9.20. The third kappa shape index (κ3) is 3.08. The number of aryl methyl sites for hydroxylation is 1. The molecule has 2 aromatic rings. The highest BCUT2D eigenvalue weighted by Gasteiger charge is 2.23. The molecule has 1 aliphatic rings. The lowest BCUT2D eigenvalue weighted by Crippen LogP contribution is -2.46. The van der Waals surface area contributed by atoms with Crippen LogP contribution in [0.4, 0.5) is 0 Å². The van der Waals surface area contributed by atoms with Crippen molar-refractivity contribution in [2.45, 2.75) is 26.4 Å². The highest BCUT2D eigenvalue weighted by molar-refractivity contribution is 7.07. The van der Waals surface area contributed by atoms with Crippen LogP contribution in [-0.4, -0.2) is 46.1 Å². The Morgan fingerprint density at radius 1 is 1.35 bits per heavy atom. The predicted octanol–water partition coefficient (Wildman–Crippen LogP) is 2.32. The quantitative estimate of drug-likeness (QED) is 0.865. The standard InChI is InChI=1S/C14H20N4OS/c1-11(13-3-8-20-10-13)18-6-4-17(5-7-18)9-14-15-12(2)19-16-14/h3,8,10-11H,4-7,9H2,1-2H3/t11-/m1/s1. The monoisotopic (exact) mass is 292 g/mol. The molecule has 1 saturated heterocycles. The van der Waals surface area contributed by atoms with Gasteiger partial charge in [0.2, 0.25) is 5.89 Å². The summed E-state index contributed by atoms with van der Waals surface area (Å²) in [5.74, 6) is 1.44. The second-order valence-electron chi connectivity index (χ2n) is 5.27. The molecule has 0 spiro atoms. The van der Waals surface area contributed by atoms with Gasteiger partial charge in [-0.2, -0.15) is 16.3 Å². The molecule has 0 aliphatic carbocycles. The first-order chi connectivity index (χ1) is 9.72. The van der Waals surface area contributed by atoms with Crippen molar-refractivity contribution in [1.29, 1.82) is 0 Å². The second kappa shape index (κ2) is 6.03. The van der Waals surface area contributed by atoms with E-state index in [2.05, 4.69) is 43.7 Å². The predicted molar refractivity (Wildman–Crippen MR) is 78.6 cm³/mol. The van der Waals surface area contributed by atoms with Crippen LogP contribution in [0.2, 0.25) is 0 Å². The molecule has 1 aliphatic heterocycles. The van der Waals surface area contributed by atoms with Crippen molar-refractivity contribution in [2.24, 2.45) is 0 Å². The molecule has 108 valence electrons. The summed E-state index contributed by atoms with van der Waals surface area (Å²) in [7, 11) is 0. The Bertz CT molecular complexity index is 531. The molecule has 2 aromatic heterocycles. The van der Waals surface area contributed by atoms with Crippen molar-refractivity contribution in [3.8, 4) is 0 Å². The van der Waals surface area contributed by atoms with E-state index >= 15 is 0 Å². The smallest absolute Gasteiger partial charge is 0.223 e. The minimum Gasteiger partial charge on any atom is -0.340 e. The maximum Gasteiger partial charge on any atom is 0.223 e. The molecule has 3 heterocycles. The van der Waals surface area contributed by atoms with Crippen LogP contribution in [0.5, 0.6) is 0 Å². The van der Waals surface area contributed by atoms with Gasteiger partial charge >= 0.3 is 0 Å². The summed E-state index contributed by atoms with van der Waals surface area (Å²) in [5.41, 5.74) is 1.43. The fraction of sp³-hybridized carbons (Fsp3) is 0.571. The van der Waals surface area contributed by atoms with Gasteiger partial charge in [-0.1, -0.05) is 5.16 Å². The topological polar surface area (TPSA) is 45.4 Å². The lowest BCUT2D eigenvalue weighted by atomic mass is 10.1. The van der Waals surface area contributed by atoms with E-state index in [9.17, 15) is 0 Å². The molecule has 1 atom stereocenters. The van der Waals surface area contributed by atoms with Crippen LogP contribution in [0.15, 0.2) is 21.3 Å². The number of rotatable bonds is 4. The van der Waals surface area contributed by atoms with Gasteiger partial charge in [0, 0.05) is 39.1 Å². The normalized spacial score (nSPS) is 19.3. The minimum absolute atomic E-state index is 0.510. The molecule has 0 aromatic carbocycles. The van der Waals surface area contributed by atoms with Gasteiger partial charge in [0.25, 0.3) is 0 Å². The molecular weight excluding hydrogens is 272 g/mol. The Morgan fingerprint density at radius 3 is 2.75 bits per heavy atom. The van der Waals surface area contributed by atoms with Crippen LogP contribution in [0, 0.1) is 6.92 Å². The van der Waals surface area contributed by atoms with Crippen molar-refractivity contribution >= 4 is 11.3 Å². The highest BCUT2D eigenvalue weighted by Crippen LogP contribution is 2.23. The fourth-order valence-corrected chi connectivity index (χ4v) is 3.38. The summed E-state index contributed by atoms with van der Waals surface area (Å²) < 4.78 is 5.02. The summed E-state index contributed by atoms with van der Waals surface area (Å²) >= 11 is 1.77. The van der Waals surface area contributed by atoms with E-state index in [-0.39, 0.29) is 0 Å². The third-order valence-electron chi connectivity index (χ3n) is 3.91. The SMILES string of the molecule is Cc1nc(CN2CCN([C@H](C)c3ccsc3)CC2)no1. The number of nitrogens with zero attached hydrogens (tertiary/aromatic N) is 4. The van der Waals surface area contributed by atoms with Crippen LogP contribution < -0.4 is 0 Å². The Kier molecular flexibility index (Phi) is 4.14. The molecule has 0 N–H and O–H groups in total. The number of piperazine rings is 1. The molecule has 0 unspecified atom stereocenters. The first kappa shape index (κ1) is 13.7. The van der Waals surface area contributed by atoms with Crippen molar-refractivity contribution in [2.75, 3.05) is 26.2 Å². The molecule has 3 rings (SSSR count). The van der Waals surface area contributed by atoms with E-state index in [1.54, 1.807) is 11.3 Å². The van der Waals surface area contributed by atoms with Crippen LogP contribution in [0.25, 0.3) is 0 Å². The van der Waals surface area contributed by atoms with Crippen molar-refractivity contribution in [3.63, 3.8) is 0 Å². The molecule has 5 nitrogen and oxygen atoms in total. The van der Waals surface area contributed by atoms with Gasteiger partial charge in [-0.25, -0.2) is 0 Å². The Hall–Kier alpha value is -1.24. The lowest BCUT2D eigenvalue weighted by Gasteiger charge is -2.37. The Morgan fingerprint density at radius 2 is 2.15 bits per heavy atom. The summed E-state index contributed by atoms with van der Waals surface area (Å²) in [5, 5.41) is 8.37. The molecule has 0 saturated carbocycles. The van der Waals surface area contributed by atoms with E-state index in [0.717, 1.165) is 38.5 Å². The van der Waals surface area contributed by atoms with Crippen LogP contribution in [0.1, 0.15) is 30.2 Å². The van der Waals surface area contributed by atoms with E-state index in [1.807, 2.05) is 6.92 Å². The Balaban J connectivity index is 1.52. The molecule has 20 heavy (non-hydrogen) atoms. The molecule has 6 heteroatoms. The fourth-order valence-electron chi connectivity index (χ4n) is 2.64. The molecule has 0 bridgehead atoms.